The van der Waals surface area contributed by atoms with E-state index in [0.717, 1.165) is 10.7 Å². The van der Waals surface area contributed by atoms with Gasteiger partial charge in [0.1, 0.15) is 17.6 Å². The molecule has 1 aliphatic carbocycles. The first kappa shape index (κ1) is 19.8. The number of hydrogen-bond acceptors (Lipinski definition) is 7. The topological polar surface area (TPSA) is 102 Å². The predicted molar refractivity (Wildman–Crippen MR) is 119 cm³/mol. The van der Waals surface area contributed by atoms with Crippen molar-refractivity contribution in [2.75, 3.05) is 12.4 Å². The first-order valence-corrected chi connectivity index (χ1v) is 10.8. The number of halogens is 4. The van der Waals surface area contributed by atoms with Crippen LogP contribution in [-0.2, 0) is 6.54 Å². The zero-order valence-corrected chi connectivity index (χ0v) is 18.5. The Hall–Kier alpha value is -3.48. The van der Waals surface area contributed by atoms with Gasteiger partial charge in [-0.05, 0) is 50.3 Å². The number of benzene rings is 1. The highest BCUT2D eigenvalue weighted by atomic mass is 19.4. The molecule has 0 saturated heterocycles. The predicted octanol–water partition coefficient (Wildman–Crippen LogP) is 3.96. The Balaban J connectivity index is 1.59. The van der Waals surface area contributed by atoms with Crippen LogP contribution in [0, 0.1) is 5.82 Å². The second kappa shape index (κ2) is 8.33. The van der Waals surface area contributed by atoms with Gasteiger partial charge in [-0.1, -0.05) is 11.3 Å². The minimum atomic E-state index is -4.56. The molecule has 4 aromatic rings. The van der Waals surface area contributed by atoms with E-state index >= 15 is 4.39 Å². The highest BCUT2D eigenvalue weighted by Gasteiger charge is 2.31. The van der Waals surface area contributed by atoms with Gasteiger partial charge in [-0.25, -0.2) is 13.6 Å². The van der Waals surface area contributed by atoms with Crippen molar-refractivity contribution in [3.63, 3.8) is 0 Å². The van der Waals surface area contributed by atoms with Crippen LogP contribution >= 0.6 is 0 Å². The highest BCUT2D eigenvalue weighted by molar-refractivity contribution is 5.89. The third kappa shape index (κ3) is 4.59. The summed E-state index contributed by atoms with van der Waals surface area (Å²) in [4.78, 5) is 4.20. The monoisotopic (exact) mass is 496 g/mol. The molecule has 0 unspecified atom stereocenters. The van der Waals surface area contributed by atoms with Crippen molar-refractivity contribution in [2.45, 2.75) is 57.0 Å². The van der Waals surface area contributed by atoms with Crippen molar-refractivity contribution >= 4 is 22.5 Å². The molecule has 1 aliphatic rings. The maximum absolute atomic E-state index is 15.3. The summed E-state index contributed by atoms with van der Waals surface area (Å²) in [7, 11) is -2.94. The van der Waals surface area contributed by atoms with E-state index < -0.39 is 37.1 Å². The summed E-state index contributed by atoms with van der Waals surface area (Å²) in [5.74, 6) is -1.27. The molecule has 9 nitrogen and oxygen atoms in total. The largest absolute Gasteiger partial charge is 0.479 e. The van der Waals surface area contributed by atoms with Crippen molar-refractivity contribution in [1.82, 2.24) is 29.6 Å². The van der Waals surface area contributed by atoms with Crippen molar-refractivity contribution in [1.29, 1.82) is 0 Å². The van der Waals surface area contributed by atoms with Crippen LogP contribution in [0.3, 0.4) is 0 Å². The summed E-state index contributed by atoms with van der Waals surface area (Å²) >= 11 is 0. The number of hydrogen-bond donors (Lipinski definition) is 2. The second-order valence-electron chi connectivity index (χ2n) is 8.97. The molecule has 1 aromatic carbocycles. The van der Waals surface area contributed by atoms with E-state index in [1.165, 1.54) is 18.2 Å². The number of aliphatic hydroxyl groups is 1. The number of nitrogens with one attached hydrogen (secondary N) is 1. The van der Waals surface area contributed by atoms with Crippen LogP contribution in [0.4, 0.5) is 23.5 Å². The Morgan fingerprint density at radius 3 is 2.80 bits per heavy atom. The van der Waals surface area contributed by atoms with Gasteiger partial charge in [0.25, 0.3) is 0 Å². The number of aromatic nitrogens is 6. The van der Waals surface area contributed by atoms with Gasteiger partial charge in [0.2, 0.25) is 11.8 Å². The number of ether oxygens (including phenoxy) is 1. The SMILES string of the molecule is [2H]C([2H])([2H])Oc1nc(NC2CCC(C)(O)CC2)nn2cc(F)c(-c3ccc4nnn(CC(F)(F)F)c4c3)c12. The lowest BCUT2D eigenvalue weighted by Gasteiger charge is -2.33. The summed E-state index contributed by atoms with van der Waals surface area (Å²) < 4.78 is 83.8. The van der Waals surface area contributed by atoms with E-state index in [4.69, 9.17) is 8.85 Å². The van der Waals surface area contributed by atoms with E-state index in [-0.39, 0.29) is 39.7 Å². The highest BCUT2D eigenvalue weighted by Crippen LogP contribution is 2.36. The molecule has 0 atom stereocenters. The molecule has 0 bridgehead atoms. The summed E-state index contributed by atoms with van der Waals surface area (Å²) in [6.45, 7) is 0.357. The van der Waals surface area contributed by atoms with Crippen LogP contribution in [0.5, 0.6) is 5.88 Å². The summed E-state index contributed by atoms with van der Waals surface area (Å²) in [5.41, 5.74) is -0.767. The lowest BCUT2D eigenvalue weighted by molar-refractivity contribution is -0.142. The van der Waals surface area contributed by atoms with Gasteiger partial charge in [0, 0.05) is 6.04 Å². The van der Waals surface area contributed by atoms with Gasteiger partial charge in [0.15, 0.2) is 5.82 Å². The molecule has 1 saturated carbocycles. The van der Waals surface area contributed by atoms with Gasteiger partial charge >= 0.3 is 6.18 Å². The molecule has 2 N–H and O–H groups in total. The molecule has 1 fully saturated rings. The summed E-state index contributed by atoms with van der Waals surface area (Å²) in [6.07, 6.45) is -1.27. The van der Waals surface area contributed by atoms with Gasteiger partial charge in [-0.15, -0.1) is 10.2 Å². The average molecular weight is 496 g/mol. The molecule has 0 spiro atoms. The van der Waals surface area contributed by atoms with Gasteiger partial charge in [-0.3, -0.25) is 0 Å². The van der Waals surface area contributed by atoms with Crippen LogP contribution < -0.4 is 10.1 Å². The van der Waals surface area contributed by atoms with Crippen LogP contribution in [0.15, 0.2) is 24.4 Å². The second-order valence-corrected chi connectivity index (χ2v) is 8.97. The fraction of sp³-hybridized carbons (Fsp3) is 0.455. The van der Waals surface area contributed by atoms with E-state index in [9.17, 15) is 18.3 Å². The van der Waals surface area contributed by atoms with Gasteiger partial charge in [0.05, 0.1) is 34.0 Å². The molecule has 3 heterocycles. The zero-order chi connectivity index (χ0) is 27.5. The molecule has 5 rings (SSSR count). The fourth-order valence-electron chi connectivity index (χ4n) is 4.40. The Morgan fingerprint density at radius 2 is 2.09 bits per heavy atom. The third-order valence-electron chi connectivity index (χ3n) is 6.18. The third-order valence-corrected chi connectivity index (χ3v) is 6.18. The Morgan fingerprint density at radius 1 is 1.31 bits per heavy atom. The van der Waals surface area contributed by atoms with Crippen LogP contribution in [0.25, 0.3) is 27.7 Å². The zero-order valence-electron chi connectivity index (χ0n) is 21.5. The average Bonchev–Trinajstić information content (AvgIpc) is 3.32. The number of anilines is 1. The van der Waals surface area contributed by atoms with Crippen LogP contribution in [0.1, 0.15) is 36.7 Å². The van der Waals surface area contributed by atoms with Crippen molar-refractivity contribution in [3.8, 4) is 17.0 Å². The molecule has 0 radical (unpaired) electrons. The standard InChI is InChI=1S/C22H23F4N7O2/c1-21(34)7-5-13(6-8-21)27-20-28-19(35-2)18-17(14(23)10-32(18)30-20)12-3-4-15-16(9-12)33(31-29-15)11-22(24,25)26/h3-4,9-10,13,34H,5-8,11H2,1-2H3,(H,27,30)/i2D3. The van der Waals surface area contributed by atoms with E-state index in [1.807, 2.05) is 0 Å². The molecule has 13 heteroatoms. The Kier molecular flexibility index (Phi) is 4.71. The Labute approximate surface area is 200 Å². The van der Waals surface area contributed by atoms with Crippen LogP contribution in [-0.4, -0.2) is 59.6 Å². The molecular weight excluding hydrogens is 470 g/mol. The minimum Gasteiger partial charge on any atom is -0.479 e. The molecular formula is C22H23F4N7O2. The normalized spacial score (nSPS) is 22.7. The van der Waals surface area contributed by atoms with E-state index in [1.54, 1.807) is 6.92 Å². The quantitative estimate of drug-likeness (QED) is 0.403. The number of alkyl halides is 3. The van der Waals surface area contributed by atoms with Crippen molar-refractivity contribution < 1.29 is 31.5 Å². The van der Waals surface area contributed by atoms with E-state index in [0.29, 0.717) is 30.4 Å². The number of nitrogens with zero attached hydrogens (tertiary/aromatic N) is 6. The maximum Gasteiger partial charge on any atom is 0.408 e. The maximum atomic E-state index is 15.3. The lowest BCUT2D eigenvalue weighted by Crippen LogP contribution is -2.36. The van der Waals surface area contributed by atoms with Gasteiger partial charge in [-0.2, -0.15) is 18.2 Å². The Bertz CT molecular complexity index is 1490. The van der Waals surface area contributed by atoms with Gasteiger partial charge < -0.3 is 15.2 Å². The summed E-state index contributed by atoms with van der Waals surface area (Å²) in [6, 6.07) is 3.97. The smallest absolute Gasteiger partial charge is 0.408 e. The number of fused-ring (bicyclic) bond motifs is 2. The number of methoxy groups -OCH3 is 1. The van der Waals surface area contributed by atoms with E-state index in [2.05, 4.69) is 25.7 Å². The minimum absolute atomic E-state index is 0.00394. The molecule has 0 amide bonds. The first-order valence-electron chi connectivity index (χ1n) is 12.3. The molecule has 0 aliphatic heterocycles. The lowest BCUT2D eigenvalue weighted by atomic mass is 9.84. The first-order chi connectivity index (χ1) is 17.7. The molecule has 3 aromatic heterocycles. The fourth-order valence-corrected chi connectivity index (χ4v) is 4.40. The van der Waals surface area contributed by atoms with Crippen molar-refractivity contribution in [3.05, 3.63) is 30.2 Å². The number of rotatable bonds is 5. The summed E-state index contributed by atoms with van der Waals surface area (Å²) in [5, 5.41) is 24.8. The molecule has 35 heavy (non-hydrogen) atoms. The van der Waals surface area contributed by atoms with Crippen molar-refractivity contribution in [2.24, 2.45) is 0 Å². The molecule has 186 valence electrons. The van der Waals surface area contributed by atoms with Crippen LogP contribution in [0.2, 0.25) is 0 Å².